The molecule has 0 saturated heterocycles. The van der Waals surface area contributed by atoms with Gasteiger partial charge >= 0.3 is 0 Å². The quantitative estimate of drug-likeness (QED) is 0.544. The third-order valence-electron chi connectivity index (χ3n) is 3.75. The van der Waals surface area contributed by atoms with Crippen molar-refractivity contribution in [2.75, 3.05) is 6.79 Å². The third kappa shape index (κ3) is 2.55. The Kier molecular flexibility index (Phi) is 3.27. The highest BCUT2D eigenvalue weighted by atomic mass is 16.7. The van der Waals surface area contributed by atoms with Gasteiger partial charge in [0.05, 0.1) is 5.52 Å². The van der Waals surface area contributed by atoms with E-state index in [1.807, 2.05) is 36.4 Å². The maximum absolute atomic E-state index is 12.4. The van der Waals surface area contributed by atoms with Crippen molar-refractivity contribution in [2.24, 2.45) is 0 Å². The predicted molar refractivity (Wildman–Crippen MR) is 87.7 cm³/mol. The molecular weight excluding hydrogens is 290 g/mol. The number of nitrogens with zero attached hydrogens (tertiary/aromatic N) is 1. The van der Waals surface area contributed by atoms with Crippen molar-refractivity contribution >= 4 is 22.8 Å². The minimum Gasteiger partial charge on any atom is -0.454 e. The first kappa shape index (κ1) is 13.5. The van der Waals surface area contributed by atoms with Crippen LogP contribution in [0.1, 0.15) is 15.9 Å². The zero-order valence-electron chi connectivity index (χ0n) is 12.2. The molecule has 112 valence electrons. The second-order valence-electron chi connectivity index (χ2n) is 5.18. The second-order valence-corrected chi connectivity index (χ2v) is 5.18. The van der Waals surface area contributed by atoms with E-state index in [0.717, 1.165) is 16.5 Å². The lowest BCUT2D eigenvalue weighted by atomic mass is 10.1. The monoisotopic (exact) mass is 303 g/mol. The summed E-state index contributed by atoms with van der Waals surface area (Å²) in [4.78, 5) is 16.7. The van der Waals surface area contributed by atoms with E-state index in [0.29, 0.717) is 17.1 Å². The number of ether oxygens (including phenoxy) is 2. The summed E-state index contributed by atoms with van der Waals surface area (Å²) in [6.07, 6.45) is 5.13. The van der Waals surface area contributed by atoms with Crippen molar-refractivity contribution in [3.63, 3.8) is 0 Å². The molecule has 2 aromatic carbocycles. The van der Waals surface area contributed by atoms with Crippen molar-refractivity contribution in [3.05, 3.63) is 71.9 Å². The molecule has 1 aliphatic heterocycles. The third-order valence-corrected chi connectivity index (χ3v) is 3.75. The molecule has 0 fully saturated rings. The summed E-state index contributed by atoms with van der Waals surface area (Å²) in [5.41, 5.74) is 2.44. The van der Waals surface area contributed by atoms with E-state index >= 15 is 0 Å². The molecule has 0 atom stereocenters. The number of hydrogen-bond donors (Lipinski definition) is 0. The molecule has 4 rings (SSSR count). The Hall–Kier alpha value is -3.14. The predicted octanol–water partition coefficient (Wildman–Crippen LogP) is 3.86. The molecule has 0 saturated carbocycles. The fraction of sp³-hybridized carbons (Fsp3) is 0.0526. The molecule has 0 amide bonds. The van der Waals surface area contributed by atoms with Crippen LogP contribution in [0.4, 0.5) is 0 Å². The van der Waals surface area contributed by atoms with Gasteiger partial charge in [-0.1, -0.05) is 24.3 Å². The first-order chi connectivity index (χ1) is 11.3. The molecule has 0 aliphatic carbocycles. The molecule has 4 nitrogen and oxygen atoms in total. The fourth-order valence-corrected chi connectivity index (χ4v) is 2.57. The minimum absolute atomic E-state index is 0.0795. The molecule has 0 spiro atoms. The van der Waals surface area contributed by atoms with Crippen LogP contribution in [-0.4, -0.2) is 17.6 Å². The van der Waals surface area contributed by atoms with Gasteiger partial charge in [-0.3, -0.25) is 9.78 Å². The van der Waals surface area contributed by atoms with Gasteiger partial charge in [0.1, 0.15) is 0 Å². The van der Waals surface area contributed by atoms with Crippen LogP contribution in [0, 0.1) is 0 Å². The highest BCUT2D eigenvalue weighted by Gasteiger charge is 2.15. The van der Waals surface area contributed by atoms with E-state index in [1.54, 1.807) is 30.5 Å². The molecule has 0 radical (unpaired) electrons. The van der Waals surface area contributed by atoms with Crippen LogP contribution in [0.2, 0.25) is 0 Å². The lowest BCUT2D eigenvalue weighted by Crippen LogP contribution is -1.94. The minimum atomic E-state index is -0.0795. The van der Waals surface area contributed by atoms with Gasteiger partial charge in [-0.05, 0) is 42.0 Å². The van der Waals surface area contributed by atoms with Gasteiger partial charge < -0.3 is 9.47 Å². The number of benzene rings is 2. The molecule has 0 N–H and O–H groups in total. The lowest BCUT2D eigenvalue weighted by Gasteiger charge is -2.01. The van der Waals surface area contributed by atoms with Crippen molar-refractivity contribution in [1.29, 1.82) is 0 Å². The maximum Gasteiger partial charge on any atom is 0.231 e. The molecular formula is C19H13NO3. The Morgan fingerprint density at radius 1 is 1.04 bits per heavy atom. The Morgan fingerprint density at radius 2 is 1.91 bits per heavy atom. The number of carbonyl (C=O) groups is 1. The number of carbonyl (C=O) groups excluding carboxylic acids is 1. The number of para-hydroxylation sites is 1. The van der Waals surface area contributed by atoms with E-state index < -0.39 is 0 Å². The van der Waals surface area contributed by atoms with Gasteiger partial charge in [0.25, 0.3) is 0 Å². The van der Waals surface area contributed by atoms with Gasteiger partial charge in [-0.15, -0.1) is 0 Å². The summed E-state index contributed by atoms with van der Waals surface area (Å²) in [5, 5.41) is 1.02. The van der Waals surface area contributed by atoms with Crippen LogP contribution in [-0.2, 0) is 0 Å². The van der Waals surface area contributed by atoms with Crippen molar-refractivity contribution in [3.8, 4) is 11.5 Å². The molecule has 0 bridgehead atoms. The summed E-state index contributed by atoms with van der Waals surface area (Å²) in [5.74, 6) is 1.20. The fourth-order valence-electron chi connectivity index (χ4n) is 2.57. The van der Waals surface area contributed by atoms with E-state index in [2.05, 4.69) is 4.98 Å². The van der Waals surface area contributed by atoms with E-state index in [9.17, 15) is 4.79 Å². The molecule has 23 heavy (non-hydrogen) atoms. The number of allylic oxidation sites excluding steroid dienone is 1. The highest BCUT2D eigenvalue weighted by Crippen LogP contribution is 2.32. The number of hydrogen-bond acceptors (Lipinski definition) is 4. The molecule has 1 aliphatic rings. The summed E-state index contributed by atoms with van der Waals surface area (Å²) in [6.45, 7) is 0.200. The largest absolute Gasteiger partial charge is 0.454 e. The van der Waals surface area contributed by atoms with Gasteiger partial charge in [0, 0.05) is 17.1 Å². The number of aromatic nitrogens is 1. The van der Waals surface area contributed by atoms with Crippen LogP contribution >= 0.6 is 0 Å². The lowest BCUT2D eigenvalue weighted by molar-refractivity contribution is 0.104. The molecule has 2 heterocycles. The summed E-state index contributed by atoms with van der Waals surface area (Å²) in [7, 11) is 0. The normalized spacial score (nSPS) is 12.9. The number of rotatable bonds is 3. The van der Waals surface area contributed by atoms with E-state index in [-0.39, 0.29) is 12.6 Å². The number of ketones is 1. The summed E-state index contributed by atoms with van der Waals surface area (Å²) in [6, 6.07) is 14.9. The van der Waals surface area contributed by atoms with E-state index in [1.165, 1.54) is 0 Å². The van der Waals surface area contributed by atoms with Crippen LogP contribution in [0.3, 0.4) is 0 Å². The number of fused-ring (bicyclic) bond motifs is 2. The zero-order chi connectivity index (χ0) is 15.6. The summed E-state index contributed by atoms with van der Waals surface area (Å²) >= 11 is 0. The standard InChI is InChI=1S/C19H13NO3/c21-17(14-6-8-18-19(11-14)23-12-22-18)7-5-13-9-10-20-16-4-2-1-3-15(13)16/h1-11H,12H2/b7-5+. The average molecular weight is 303 g/mol. The van der Waals surface area contributed by atoms with Gasteiger partial charge in [-0.2, -0.15) is 0 Å². The van der Waals surface area contributed by atoms with Crippen molar-refractivity contribution in [2.45, 2.75) is 0 Å². The van der Waals surface area contributed by atoms with Gasteiger partial charge in [-0.25, -0.2) is 0 Å². The summed E-state index contributed by atoms with van der Waals surface area (Å²) < 4.78 is 10.6. The Morgan fingerprint density at radius 3 is 2.87 bits per heavy atom. The first-order valence-electron chi connectivity index (χ1n) is 7.27. The van der Waals surface area contributed by atoms with Crippen LogP contribution in [0.15, 0.2) is 60.8 Å². The molecule has 0 unspecified atom stereocenters. The second kappa shape index (κ2) is 5.57. The van der Waals surface area contributed by atoms with Crippen LogP contribution < -0.4 is 9.47 Å². The maximum atomic E-state index is 12.4. The van der Waals surface area contributed by atoms with Crippen LogP contribution in [0.25, 0.3) is 17.0 Å². The highest BCUT2D eigenvalue weighted by molar-refractivity contribution is 6.08. The Labute approximate surface area is 133 Å². The van der Waals surface area contributed by atoms with Crippen molar-refractivity contribution < 1.29 is 14.3 Å². The first-order valence-corrected chi connectivity index (χ1v) is 7.27. The number of pyridine rings is 1. The van der Waals surface area contributed by atoms with Gasteiger partial charge in [0.15, 0.2) is 17.3 Å². The zero-order valence-corrected chi connectivity index (χ0v) is 12.2. The molecule has 3 aromatic rings. The van der Waals surface area contributed by atoms with Crippen LogP contribution in [0.5, 0.6) is 11.5 Å². The van der Waals surface area contributed by atoms with E-state index in [4.69, 9.17) is 9.47 Å². The topological polar surface area (TPSA) is 48.4 Å². The van der Waals surface area contributed by atoms with Gasteiger partial charge in [0.2, 0.25) is 6.79 Å². The smallest absolute Gasteiger partial charge is 0.231 e. The SMILES string of the molecule is O=C(/C=C/c1ccnc2ccccc12)c1ccc2c(c1)OCO2. The molecule has 1 aromatic heterocycles. The average Bonchev–Trinajstić information content (AvgIpc) is 3.07. The van der Waals surface area contributed by atoms with Crippen molar-refractivity contribution in [1.82, 2.24) is 4.98 Å². The Balaban J connectivity index is 1.64. The molecule has 4 heteroatoms. The Bertz CT molecular complexity index is 926.